The molecule has 0 spiro atoms. The average Bonchev–Trinajstić information content (AvgIpc) is 2.95. The van der Waals surface area contributed by atoms with E-state index in [9.17, 15) is 4.39 Å². The molecule has 0 bridgehead atoms. The van der Waals surface area contributed by atoms with Crippen molar-refractivity contribution in [2.45, 2.75) is 38.8 Å². The Bertz CT molecular complexity index is 599. The van der Waals surface area contributed by atoms with Crippen LogP contribution < -0.4 is 11.3 Å². The lowest BCUT2D eigenvalue weighted by atomic mass is 10.0. The maximum Gasteiger partial charge on any atom is 0.142 e. The van der Waals surface area contributed by atoms with Crippen molar-refractivity contribution in [3.8, 4) is 0 Å². The van der Waals surface area contributed by atoms with Gasteiger partial charge in [-0.25, -0.2) is 4.39 Å². The Morgan fingerprint density at radius 3 is 2.81 bits per heavy atom. The van der Waals surface area contributed by atoms with Gasteiger partial charge in [0.2, 0.25) is 0 Å². The van der Waals surface area contributed by atoms with Crippen LogP contribution in [0.15, 0.2) is 30.5 Å². The molecule has 0 fully saturated rings. The summed E-state index contributed by atoms with van der Waals surface area (Å²) in [4.78, 5) is 0. The minimum absolute atomic E-state index is 0.107. The van der Waals surface area contributed by atoms with E-state index in [4.69, 9.17) is 17.4 Å². The number of hydrazine groups is 1. The summed E-state index contributed by atoms with van der Waals surface area (Å²) in [5.74, 6) is 5.15. The number of nitrogens with one attached hydrogen (secondary N) is 1. The third-order valence-electron chi connectivity index (χ3n) is 3.67. The van der Waals surface area contributed by atoms with Crippen LogP contribution in [0, 0.1) is 5.82 Å². The topological polar surface area (TPSA) is 55.9 Å². The first-order valence-corrected chi connectivity index (χ1v) is 7.38. The molecule has 0 saturated carbocycles. The van der Waals surface area contributed by atoms with E-state index >= 15 is 0 Å². The molecule has 2 rings (SSSR count). The van der Waals surface area contributed by atoms with E-state index in [1.165, 1.54) is 12.1 Å². The van der Waals surface area contributed by atoms with Crippen molar-refractivity contribution < 1.29 is 4.39 Å². The van der Waals surface area contributed by atoms with Gasteiger partial charge >= 0.3 is 0 Å². The van der Waals surface area contributed by atoms with E-state index in [-0.39, 0.29) is 11.1 Å². The van der Waals surface area contributed by atoms with E-state index in [1.54, 1.807) is 6.07 Å². The molecular weight excluding hydrogens is 291 g/mol. The summed E-state index contributed by atoms with van der Waals surface area (Å²) in [5, 5.41) is 4.64. The molecule has 0 saturated heterocycles. The Hall–Kier alpha value is -1.43. The third-order valence-corrected chi connectivity index (χ3v) is 3.97. The molecule has 2 atom stereocenters. The largest absolute Gasteiger partial charge is 0.271 e. The molecule has 2 aromatic rings. The second kappa shape index (κ2) is 7.02. The molecule has 3 N–H and O–H groups in total. The van der Waals surface area contributed by atoms with Crippen molar-refractivity contribution in [3.63, 3.8) is 0 Å². The van der Waals surface area contributed by atoms with Gasteiger partial charge in [-0.15, -0.1) is 0 Å². The summed E-state index contributed by atoms with van der Waals surface area (Å²) in [6, 6.07) is 6.81. The lowest BCUT2D eigenvalue weighted by Crippen LogP contribution is -2.29. The van der Waals surface area contributed by atoms with Gasteiger partial charge < -0.3 is 0 Å². The lowest BCUT2D eigenvalue weighted by Gasteiger charge is -2.15. The van der Waals surface area contributed by atoms with Crippen molar-refractivity contribution in [3.05, 3.63) is 52.6 Å². The van der Waals surface area contributed by atoms with E-state index in [0.29, 0.717) is 12.5 Å². The molecule has 21 heavy (non-hydrogen) atoms. The Kier molecular flexibility index (Phi) is 5.33. The number of nitrogens with two attached hydrogens (primary N) is 1. The second-order valence-corrected chi connectivity index (χ2v) is 5.55. The number of halogens is 2. The number of nitrogens with zero attached hydrogens (tertiary/aromatic N) is 2. The highest BCUT2D eigenvalue weighted by molar-refractivity contribution is 6.30. The number of hydrogen-bond donors (Lipinski definition) is 2. The van der Waals surface area contributed by atoms with Crippen LogP contribution in [0.4, 0.5) is 4.39 Å². The fourth-order valence-corrected chi connectivity index (χ4v) is 2.25. The standard InChI is InChI=1S/C15H20ClFN4/c1-3-10(2)21-7-6-12(20-21)9-15(19-18)11-4-5-13(16)14(17)8-11/h4-8,10,15,19H,3,9,18H2,1-2H3. The van der Waals surface area contributed by atoms with Crippen LogP contribution in [0.25, 0.3) is 0 Å². The average molecular weight is 311 g/mol. The molecular formula is C15H20ClFN4. The van der Waals surface area contributed by atoms with Gasteiger partial charge in [0.1, 0.15) is 5.82 Å². The first-order valence-electron chi connectivity index (χ1n) is 7.00. The summed E-state index contributed by atoms with van der Waals surface area (Å²) in [6.07, 6.45) is 3.56. The van der Waals surface area contributed by atoms with Gasteiger partial charge in [0.15, 0.2) is 0 Å². The third kappa shape index (κ3) is 3.81. The predicted octanol–water partition coefficient (Wildman–Crippen LogP) is 3.39. The normalized spacial score (nSPS) is 14.1. The van der Waals surface area contributed by atoms with Crippen LogP contribution in [0.3, 0.4) is 0 Å². The highest BCUT2D eigenvalue weighted by Gasteiger charge is 2.15. The van der Waals surface area contributed by atoms with Crippen LogP contribution in [0.1, 0.15) is 43.6 Å². The second-order valence-electron chi connectivity index (χ2n) is 5.14. The Labute approximate surface area is 129 Å². The monoisotopic (exact) mass is 310 g/mol. The molecule has 1 aromatic carbocycles. The van der Waals surface area contributed by atoms with Gasteiger partial charge in [0, 0.05) is 18.7 Å². The molecule has 0 aliphatic rings. The molecule has 2 unspecified atom stereocenters. The molecule has 6 heteroatoms. The number of aromatic nitrogens is 2. The van der Waals surface area contributed by atoms with Gasteiger partial charge in [-0.3, -0.25) is 16.0 Å². The highest BCUT2D eigenvalue weighted by Crippen LogP contribution is 2.22. The maximum atomic E-state index is 13.6. The zero-order valence-corrected chi connectivity index (χ0v) is 12.9. The quantitative estimate of drug-likeness (QED) is 0.635. The predicted molar refractivity (Wildman–Crippen MR) is 82.4 cm³/mol. The Balaban J connectivity index is 2.15. The molecule has 0 amide bonds. The summed E-state index contributed by atoms with van der Waals surface area (Å²) in [5.41, 5.74) is 4.37. The highest BCUT2D eigenvalue weighted by atomic mass is 35.5. The summed E-state index contributed by atoms with van der Waals surface area (Å²) >= 11 is 5.70. The van der Waals surface area contributed by atoms with Crippen molar-refractivity contribution >= 4 is 11.6 Å². The SMILES string of the molecule is CCC(C)n1ccc(CC(NN)c2ccc(Cl)c(F)c2)n1. The molecule has 0 aliphatic carbocycles. The Morgan fingerprint density at radius 1 is 1.43 bits per heavy atom. The zero-order chi connectivity index (χ0) is 15.4. The smallest absolute Gasteiger partial charge is 0.142 e. The van der Waals surface area contributed by atoms with Crippen molar-refractivity contribution in [1.29, 1.82) is 0 Å². The number of hydrogen-bond acceptors (Lipinski definition) is 3. The van der Waals surface area contributed by atoms with Gasteiger partial charge in [-0.05, 0) is 37.1 Å². The maximum absolute atomic E-state index is 13.6. The molecule has 1 heterocycles. The van der Waals surface area contributed by atoms with Crippen molar-refractivity contribution in [2.24, 2.45) is 5.84 Å². The van der Waals surface area contributed by atoms with E-state index < -0.39 is 5.82 Å². The molecule has 0 radical (unpaired) electrons. The van der Waals surface area contributed by atoms with Gasteiger partial charge in [0.25, 0.3) is 0 Å². The fraction of sp³-hybridized carbons (Fsp3) is 0.400. The fourth-order valence-electron chi connectivity index (χ4n) is 2.13. The summed E-state index contributed by atoms with van der Waals surface area (Å²) in [6.45, 7) is 4.23. The zero-order valence-electron chi connectivity index (χ0n) is 12.2. The van der Waals surface area contributed by atoms with Crippen LogP contribution >= 0.6 is 11.6 Å². The minimum atomic E-state index is -0.445. The molecule has 4 nitrogen and oxygen atoms in total. The molecule has 114 valence electrons. The lowest BCUT2D eigenvalue weighted by molar-refractivity contribution is 0.466. The van der Waals surface area contributed by atoms with E-state index in [0.717, 1.165) is 17.7 Å². The first-order chi connectivity index (χ1) is 10.0. The van der Waals surface area contributed by atoms with Crippen LogP contribution in [0.5, 0.6) is 0 Å². The van der Waals surface area contributed by atoms with Gasteiger partial charge in [0.05, 0.1) is 16.8 Å². The molecule has 1 aromatic heterocycles. The van der Waals surface area contributed by atoms with E-state index in [2.05, 4.69) is 24.4 Å². The number of benzene rings is 1. The van der Waals surface area contributed by atoms with Gasteiger partial charge in [-0.2, -0.15) is 5.10 Å². The van der Waals surface area contributed by atoms with Crippen LogP contribution in [-0.2, 0) is 6.42 Å². The minimum Gasteiger partial charge on any atom is -0.271 e. The summed E-state index contributed by atoms with van der Waals surface area (Å²) in [7, 11) is 0. The number of rotatable bonds is 6. The molecule has 0 aliphatic heterocycles. The van der Waals surface area contributed by atoms with Crippen LogP contribution in [0.2, 0.25) is 5.02 Å². The van der Waals surface area contributed by atoms with Gasteiger partial charge in [-0.1, -0.05) is 24.6 Å². The van der Waals surface area contributed by atoms with Crippen molar-refractivity contribution in [1.82, 2.24) is 15.2 Å². The summed E-state index contributed by atoms with van der Waals surface area (Å²) < 4.78 is 15.5. The first kappa shape index (κ1) is 15.9. The van der Waals surface area contributed by atoms with E-state index in [1.807, 2.05) is 16.9 Å². The Morgan fingerprint density at radius 2 is 2.19 bits per heavy atom. The van der Waals surface area contributed by atoms with Crippen molar-refractivity contribution in [2.75, 3.05) is 0 Å². The van der Waals surface area contributed by atoms with Crippen LogP contribution in [-0.4, -0.2) is 9.78 Å².